The number of carboxylic acids is 1. The maximum absolute atomic E-state index is 10.7. The van der Waals surface area contributed by atoms with E-state index < -0.39 is 5.97 Å². The summed E-state index contributed by atoms with van der Waals surface area (Å²) in [6, 6.07) is 0. The van der Waals surface area contributed by atoms with Crippen molar-refractivity contribution in [1.29, 1.82) is 0 Å². The number of aliphatic carboxylic acids is 1. The average Bonchev–Trinajstić information content (AvgIpc) is 2.33. The molecule has 18 heavy (non-hydrogen) atoms. The third kappa shape index (κ3) is 7.70. The molecule has 0 heterocycles. The van der Waals surface area contributed by atoms with Crippen molar-refractivity contribution in [3.8, 4) is 0 Å². The Morgan fingerprint density at radius 2 is 1.67 bits per heavy atom. The molecule has 0 aromatic carbocycles. The van der Waals surface area contributed by atoms with Crippen LogP contribution in [0.5, 0.6) is 0 Å². The number of nitrogens with zero attached hydrogens (tertiary/aromatic N) is 1. The van der Waals surface area contributed by atoms with Crippen LogP contribution in [-0.2, 0) is 4.79 Å². The van der Waals surface area contributed by atoms with Crippen LogP contribution in [0.25, 0.3) is 0 Å². The van der Waals surface area contributed by atoms with Crippen molar-refractivity contribution < 1.29 is 9.90 Å². The lowest BCUT2D eigenvalue weighted by molar-refractivity contribution is -0.138. The van der Waals surface area contributed by atoms with E-state index in [1.807, 2.05) is 11.8 Å². The first kappa shape index (κ1) is 17.4. The molecule has 0 fully saturated rings. The number of carboxylic acid groups (broad SMARTS) is 1. The van der Waals surface area contributed by atoms with Crippen LogP contribution >= 0.6 is 0 Å². The molecule has 0 bridgehead atoms. The van der Waals surface area contributed by atoms with Gasteiger partial charge in [-0.25, -0.2) is 0 Å². The summed E-state index contributed by atoms with van der Waals surface area (Å²) in [5.74, 6) is 0.791. The van der Waals surface area contributed by atoms with Gasteiger partial charge in [-0.15, -0.1) is 0 Å². The van der Waals surface area contributed by atoms with Crippen molar-refractivity contribution in [2.75, 3.05) is 19.6 Å². The van der Waals surface area contributed by atoms with Gasteiger partial charge in [-0.05, 0) is 31.3 Å². The maximum Gasteiger partial charge on any atom is 0.317 e. The second kappa shape index (κ2) is 10.4. The summed E-state index contributed by atoms with van der Waals surface area (Å²) in [6.07, 6.45) is 6.23. The molecule has 1 N–H and O–H groups in total. The van der Waals surface area contributed by atoms with Gasteiger partial charge in [-0.2, -0.15) is 0 Å². The van der Waals surface area contributed by atoms with Crippen molar-refractivity contribution in [1.82, 2.24) is 4.90 Å². The molecule has 0 radical (unpaired) electrons. The molecule has 3 heteroatoms. The van der Waals surface area contributed by atoms with Crippen molar-refractivity contribution in [2.24, 2.45) is 11.8 Å². The van der Waals surface area contributed by atoms with Crippen LogP contribution in [0.4, 0.5) is 0 Å². The summed E-state index contributed by atoms with van der Waals surface area (Å²) in [5.41, 5.74) is 0. The molecule has 0 rings (SSSR count). The Balaban J connectivity index is 4.09. The van der Waals surface area contributed by atoms with Crippen LogP contribution in [-0.4, -0.2) is 35.6 Å². The van der Waals surface area contributed by atoms with Crippen molar-refractivity contribution >= 4 is 5.97 Å². The van der Waals surface area contributed by atoms with Gasteiger partial charge in [0, 0.05) is 0 Å². The molecule has 0 aliphatic rings. The van der Waals surface area contributed by atoms with E-state index in [4.69, 9.17) is 5.11 Å². The fourth-order valence-electron chi connectivity index (χ4n) is 2.62. The quantitative estimate of drug-likeness (QED) is 0.614. The minimum Gasteiger partial charge on any atom is -0.480 e. The van der Waals surface area contributed by atoms with E-state index in [9.17, 15) is 4.79 Å². The molecule has 1 unspecified atom stereocenters. The normalized spacial score (nSPS) is 13.2. The van der Waals surface area contributed by atoms with Crippen molar-refractivity contribution in [3.05, 3.63) is 0 Å². The van der Waals surface area contributed by atoms with E-state index in [1.165, 1.54) is 25.7 Å². The van der Waals surface area contributed by atoms with Crippen LogP contribution < -0.4 is 0 Å². The van der Waals surface area contributed by atoms with Crippen LogP contribution in [0.15, 0.2) is 0 Å². The van der Waals surface area contributed by atoms with Gasteiger partial charge in [-0.3, -0.25) is 9.69 Å². The van der Waals surface area contributed by atoms with Gasteiger partial charge < -0.3 is 5.11 Å². The number of rotatable bonds is 11. The highest BCUT2D eigenvalue weighted by molar-refractivity contribution is 5.69. The van der Waals surface area contributed by atoms with Crippen molar-refractivity contribution in [2.45, 2.75) is 59.8 Å². The van der Waals surface area contributed by atoms with Gasteiger partial charge in [-0.1, -0.05) is 53.4 Å². The Labute approximate surface area is 113 Å². The minimum absolute atomic E-state index is 0.176. The molecule has 0 spiro atoms. The summed E-state index contributed by atoms with van der Waals surface area (Å²) in [6.45, 7) is 10.8. The van der Waals surface area contributed by atoms with Crippen LogP contribution in [0.3, 0.4) is 0 Å². The molecular weight excluding hydrogens is 226 g/mol. The minimum atomic E-state index is -0.719. The summed E-state index contributed by atoms with van der Waals surface area (Å²) in [7, 11) is 0. The molecule has 0 aliphatic heterocycles. The largest absolute Gasteiger partial charge is 0.480 e. The smallest absolute Gasteiger partial charge is 0.317 e. The molecule has 0 aromatic rings. The third-order valence-corrected chi connectivity index (χ3v) is 3.83. The molecule has 108 valence electrons. The van der Waals surface area contributed by atoms with Crippen LogP contribution in [0.1, 0.15) is 59.8 Å². The lowest BCUT2D eigenvalue weighted by Gasteiger charge is -2.26. The summed E-state index contributed by atoms with van der Waals surface area (Å²) in [4.78, 5) is 12.7. The molecule has 0 saturated heterocycles. The van der Waals surface area contributed by atoms with Crippen LogP contribution in [0, 0.1) is 11.8 Å². The van der Waals surface area contributed by atoms with Gasteiger partial charge in [0.25, 0.3) is 0 Å². The molecule has 3 nitrogen and oxygen atoms in total. The summed E-state index contributed by atoms with van der Waals surface area (Å²) in [5, 5.41) is 8.82. The average molecular weight is 257 g/mol. The maximum atomic E-state index is 10.7. The van der Waals surface area contributed by atoms with E-state index in [2.05, 4.69) is 20.8 Å². The van der Waals surface area contributed by atoms with E-state index in [-0.39, 0.29) is 6.54 Å². The Morgan fingerprint density at radius 1 is 1.11 bits per heavy atom. The highest BCUT2D eigenvalue weighted by Gasteiger charge is 2.17. The Morgan fingerprint density at radius 3 is 2.06 bits per heavy atom. The molecule has 0 aliphatic carbocycles. The first-order valence-corrected chi connectivity index (χ1v) is 7.49. The lowest BCUT2D eigenvalue weighted by atomic mass is 9.84. The van der Waals surface area contributed by atoms with Gasteiger partial charge in [0.05, 0.1) is 6.54 Å². The number of hydrogen-bond acceptors (Lipinski definition) is 2. The van der Waals surface area contributed by atoms with E-state index >= 15 is 0 Å². The number of carbonyl (C=O) groups is 1. The molecular formula is C15H31NO2. The highest BCUT2D eigenvalue weighted by atomic mass is 16.4. The molecule has 1 atom stereocenters. The second-order valence-corrected chi connectivity index (χ2v) is 5.37. The predicted octanol–water partition coefficient (Wildman–Crippen LogP) is 3.64. The zero-order valence-electron chi connectivity index (χ0n) is 12.6. The molecule has 0 saturated carbocycles. The fourth-order valence-corrected chi connectivity index (χ4v) is 2.62. The predicted molar refractivity (Wildman–Crippen MR) is 76.8 cm³/mol. The van der Waals surface area contributed by atoms with Gasteiger partial charge >= 0.3 is 5.97 Å². The Kier molecular flexibility index (Phi) is 10.0. The van der Waals surface area contributed by atoms with Gasteiger partial charge in [0.1, 0.15) is 0 Å². The first-order chi connectivity index (χ1) is 8.54. The van der Waals surface area contributed by atoms with E-state index in [0.717, 1.165) is 25.4 Å². The summed E-state index contributed by atoms with van der Waals surface area (Å²) < 4.78 is 0. The third-order valence-electron chi connectivity index (χ3n) is 3.83. The van der Waals surface area contributed by atoms with Gasteiger partial charge in [0.15, 0.2) is 0 Å². The SMILES string of the molecule is CCCC(CCC)C(C)CCN(CC)CC(=O)O. The Bertz CT molecular complexity index is 213. The standard InChI is InChI=1S/C15H31NO2/c1-5-8-14(9-6-2)13(4)10-11-16(7-3)12-15(17)18/h13-14H,5-12H2,1-4H3,(H,17,18). The van der Waals surface area contributed by atoms with Crippen LogP contribution in [0.2, 0.25) is 0 Å². The number of hydrogen-bond donors (Lipinski definition) is 1. The van der Waals surface area contributed by atoms with E-state index in [1.54, 1.807) is 0 Å². The zero-order chi connectivity index (χ0) is 14.0. The fraction of sp³-hybridized carbons (Fsp3) is 0.933. The lowest BCUT2D eigenvalue weighted by Crippen LogP contribution is -2.32. The van der Waals surface area contributed by atoms with Gasteiger partial charge in [0.2, 0.25) is 0 Å². The summed E-state index contributed by atoms with van der Waals surface area (Å²) >= 11 is 0. The monoisotopic (exact) mass is 257 g/mol. The molecule has 0 amide bonds. The first-order valence-electron chi connectivity index (χ1n) is 7.49. The van der Waals surface area contributed by atoms with E-state index in [0.29, 0.717) is 5.92 Å². The van der Waals surface area contributed by atoms with Crippen molar-refractivity contribution in [3.63, 3.8) is 0 Å². The molecule has 0 aromatic heterocycles. The topological polar surface area (TPSA) is 40.5 Å². The highest BCUT2D eigenvalue weighted by Crippen LogP contribution is 2.25. The number of likely N-dealkylation sites (N-methyl/N-ethyl adjacent to an activating group) is 1. The second-order valence-electron chi connectivity index (χ2n) is 5.37. The zero-order valence-corrected chi connectivity index (χ0v) is 12.6. The Hall–Kier alpha value is -0.570.